The second-order valence-corrected chi connectivity index (χ2v) is 4.14. The van der Waals surface area contributed by atoms with Crippen molar-refractivity contribution in [1.82, 2.24) is 0 Å². The van der Waals surface area contributed by atoms with Gasteiger partial charge in [0.05, 0.1) is 0 Å². The molecule has 0 aliphatic rings. The Morgan fingerprint density at radius 1 is 1.57 bits per heavy atom. The number of carbonyl (C=O) groups is 1. The van der Waals surface area contributed by atoms with Gasteiger partial charge in [-0.25, -0.2) is 4.79 Å². The van der Waals surface area contributed by atoms with Crippen LogP contribution in [0.15, 0.2) is 5.38 Å². The van der Waals surface area contributed by atoms with Crippen LogP contribution < -0.4 is 5.73 Å². The Hall–Kier alpha value is -1.03. The van der Waals surface area contributed by atoms with Gasteiger partial charge in [0.2, 0.25) is 0 Å². The molecule has 14 heavy (non-hydrogen) atoms. The fourth-order valence-electron chi connectivity index (χ4n) is 1.38. The molecule has 0 saturated heterocycles. The van der Waals surface area contributed by atoms with Gasteiger partial charge in [-0.3, -0.25) is 0 Å². The van der Waals surface area contributed by atoms with Crippen LogP contribution in [0.3, 0.4) is 0 Å². The third-order valence-electron chi connectivity index (χ3n) is 2.15. The quantitative estimate of drug-likeness (QED) is 0.739. The van der Waals surface area contributed by atoms with Gasteiger partial charge in [0, 0.05) is 16.6 Å². The molecule has 1 heterocycles. The average molecular weight is 213 g/mol. The van der Waals surface area contributed by atoms with Crippen LogP contribution in [0.25, 0.3) is 0 Å². The number of nitrogens with two attached hydrogens (primary N) is 1. The van der Waals surface area contributed by atoms with Crippen molar-refractivity contribution in [3.63, 3.8) is 0 Å². The van der Waals surface area contributed by atoms with E-state index < -0.39 is 5.97 Å². The third kappa shape index (κ3) is 2.48. The summed E-state index contributed by atoms with van der Waals surface area (Å²) in [4.78, 5) is 11.2. The number of aromatic carboxylic acids is 1. The number of carboxylic acid groups (broad SMARTS) is 1. The Bertz CT molecular complexity index is 320. The van der Waals surface area contributed by atoms with Gasteiger partial charge in [0.25, 0.3) is 0 Å². The summed E-state index contributed by atoms with van der Waals surface area (Å²) in [7, 11) is 0. The second kappa shape index (κ2) is 5.00. The van der Waals surface area contributed by atoms with Crippen molar-refractivity contribution in [2.75, 3.05) is 5.73 Å². The highest BCUT2D eigenvalue weighted by Gasteiger charge is 2.14. The predicted octanol–water partition coefficient (Wildman–Crippen LogP) is 2.76. The second-order valence-electron chi connectivity index (χ2n) is 3.26. The molecule has 0 saturated carbocycles. The van der Waals surface area contributed by atoms with Crippen molar-refractivity contribution in [2.24, 2.45) is 0 Å². The molecular formula is C10H15NO2S. The van der Waals surface area contributed by atoms with Gasteiger partial charge in [-0.2, -0.15) is 0 Å². The maximum absolute atomic E-state index is 10.8. The number of nitrogen functional groups attached to an aromatic ring is 1. The number of unbranched alkanes of at least 4 members (excludes halogenated alkanes) is 2. The molecule has 0 fully saturated rings. The van der Waals surface area contributed by atoms with Gasteiger partial charge in [-0.05, 0) is 12.8 Å². The molecule has 0 aliphatic heterocycles. The van der Waals surface area contributed by atoms with Crippen molar-refractivity contribution in [3.05, 3.63) is 15.8 Å². The number of hydrogen-bond acceptors (Lipinski definition) is 3. The number of carboxylic acids is 1. The van der Waals surface area contributed by atoms with E-state index in [-0.39, 0.29) is 0 Å². The SMILES string of the molecule is CCCCCc1c(N)csc1C(=O)O. The number of rotatable bonds is 5. The molecule has 1 aromatic rings. The molecule has 0 aliphatic carbocycles. The smallest absolute Gasteiger partial charge is 0.346 e. The molecule has 1 aromatic heterocycles. The highest BCUT2D eigenvalue weighted by molar-refractivity contribution is 7.12. The van der Waals surface area contributed by atoms with E-state index in [9.17, 15) is 4.79 Å². The average Bonchev–Trinajstić information content (AvgIpc) is 2.48. The molecule has 0 aromatic carbocycles. The first-order valence-corrected chi connectivity index (χ1v) is 5.64. The third-order valence-corrected chi connectivity index (χ3v) is 3.18. The summed E-state index contributed by atoms with van der Waals surface area (Å²) in [5, 5.41) is 10.6. The fraction of sp³-hybridized carbons (Fsp3) is 0.500. The van der Waals surface area contributed by atoms with Gasteiger partial charge in [-0.1, -0.05) is 19.8 Å². The lowest BCUT2D eigenvalue weighted by Gasteiger charge is -2.01. The number of hydrogen-bond donors (Lipinski definition) is 2. The lowest BCUT2D eigenvalue weighted by Crippen LogP contribution is -2.00. The van der Waals surface area contributed by atoms with Crippen LogP contribution in [0.2, 0.25) is 0 Å². The van der Waals surface area contributed by atoms with Crippen LogP contribution in [0.5, 0.6) is 0 Å². The zero-order chi connectivity index (χ0) is 10.6. The zero-order valence-corrected chi connectivity index (χ0v) is 9.06. The minimum absolute atomic E-state index is 0.401. The van der Waals surface area contributed by atoms with Crippen molar-refractivity contribution in [2.45, 2.75) is 32.6 Å². The summed E-state index contributed by atoms with van der Waals surface area (Å²) in [6.45, 7) is 2.12. The largest absolute Gasteiger partial charge is 0.477 e. The van der Waals surface area contributed by atoms with Crippen LogP contribution in [-0.2, 0) is 6.42 Å². The summed E-state index contributed by atoms with van der Waals surface area (Å²) in [6.07, 6.45) is 4.04. The standard InChI is InChI=1S/C10H15NO2S/c1-2-3-4-5-7-8(11)6-14-9(7)10(12)13/h6H,2-5,11H2,1H3,(H,12,13). The molecule has 0 amide bonds. The normalized spacial score (nSPS) is 10.4. The highest BCUT2D eigenvalue weighted by Crippen LogP contribution is 2.26. The summed E-state index contributed by atoms with van der Waals surface area (Å²) in [5.74, 6) is -0.863. The summed E-state index contributed by atoms with van der Waals surface area (Å²) >= 11 is 1.22. The van der Waals surface area contributed by atoms with Crippen molar-refractivity contribution in [3.8, 4) is 0 Å². The van der Waals surface area contributed by atoms with Gasteiger partial charge in [0.15, 0.2) is 0 Å². The molecule has 1 rings (SSSR count). The van der Waals surface area contributed by atoms with Crippen molar-refractivity contribution in [1.29, 1.82) is 0 Å². The molecule has 0 unspecified atom stereocenters. The molecule has 0 radical (unpaired) electrons. The maximum Gasteiger partial charge on any atom is 0.346 e. The Kier molecular flexibility index (Phi) is 3.95. The summed E-state index contributed by atoms with van der Waals surface area (Å²) in [5.41, 5.74) is 7.15. The maximum atomic E-state index is 10.8. The first-order valence-electron chi connectivity index (χ1n) is 4.76. The first kappa shape index (κ1) is 11.0. The number of thiophene rings is 1. The minimum Gasteiger partial charge on any atom is -0.477 e. The molecule has 0 spiro atoms. The molecule has 4 heteroatoms. The van der Waals surface area contributed by atoms with Gasteiger partial charge in [-0.15, -0.1) is 11.3 Å². The van der Waals surface area contributed by atoms with Crippen LogP contribution >= 0.6 is 11.3 Å². The Balaban J connectivity index is 2.72. The molecular weight excluding hydrogens is 198 g/mol. The van der Waals surface area contributed by atoms with Gasteiger partial charge < -0.3 is 10.8 Å². The van der Waals surface area contributed by atoms with E-state index >= 15 is 0 Å². The Morgan fingerprint density at radius 2 is 2.29 bits per heavy atom. The fourth-order valence-corrected chi connectivity index (χ4v) is 2.23. The van der Waals surface area contributed by atoms with E-state index in [1.165, 1.54) is 11.3 Å². The van der Waals surface area contributed by atoms with E-state index in [0.717, 1.165) is 31.2 Å². The Labute approximate surface area is 87.6 Å². The van der Waals surface area contributed by atoms with Crippen LogP contribution in [-0.4, -0.2) is 11.1 Å². The molecule has 0 bridgehead atoms. The van der Waals surface area contributed by atoms with Crippen LogP contribution in [0.4, 0.5) is 5.69 Å². The topological polar surface area (TPSA) is 63.3 Å². The lowest BCUT2D eigenvalue weighted by molar-refractivity contribution is 0.0701. The van der Waals surface area contributed by atoms with Crippen LogP contribution in [0.1, 0.15) is 41.4 Å². The van der Waals surface area contributed by atoms with Gasteiger partial charge >= 0.3 is 5.97 Å². The van der Waals surface area contributed by atoms with Crippen molar-refractivity contribution >= 4 is 23.0 Å². The van der Waals surface area contributed by atoms with Crippen LogP contribution in [0, 0.1) is 0 Å². The van der Waals surface area contributed by atoms with E-state index in [4.69, 9.17) is 10.8 Å². The highest BCUT2D eigenvalue weighted by atomic mass is 32.1. The Morgan fingerprint density at radius 3 is 2.86 bits per heavy atom. The van der Waals surface area contributed by atoms with E-state index in [1.54, 1.807) is 5.38 Å². The first-order chi connectivity index (χ1) is 6.66. The monoisotopic (exact) mass is 213 g/mol. The van der Waals surface area contributed by atoms with E-state index in [1.807, 2.05) is 0 Å². The molecule has 78 valence electrons. The predicted molar refractivity (Wildman–Crippen MR) is 58.9 cm³/mol. The number of anilines is 1. The lowest BCUT2D eigenvalue weighted by atomic mass is 10.1. The molecule has 3 nitrogen and oxygen atoms in total. The van der Waals surface area contributed by atoms with Crippen molar-refractivity contribution < 1.29 is 9.90 Å². The summed E-state index contributed by atoms with van der Waals surface area (Å²) in [6, 6.07) is 0. The van der Waals surface area contributed by atoms with E-state index in [2.05, 4.69) is 6.92 Å². The zero-order valence-electron chi connectivity index (χ0n) is 8.25. The summed E-state index contributed by atoms with van der Waals surface area (Å²) < 4.78 is 0. The molecule has 3 N–H and O–H groups in total. The minimum atomic E-state index is -0.863. The molecule has 0 atom stereocenters. The van der Waals surface area contributed by atoms with Gasteiger partial charge in [0.1, 0.15) is 4.88 Å². The van der Waals surface area contributed by atoms with E-state index in [0.29, 0.717) is 10.6 Å².